The second kappa shape index (κ2) is 9.60. The Morgan fingerprint density at radius 3 is 2.33 bits per heavy atom. The first-order valence-electron chi connectivity index (χ1n) is 8.35. The van der Waals surface area contributed by atoms with Crippen molar-refractivity contribution in [1.82, 2.24) is 5.32 Å². The lowest BCUT2D eigenvalue weighted by molar-refractivity contribution is -0.128. The van der Waals surface area contributed by atoms with Gasteiger partial charge in [-0.1, -0.05) is 37.3 Å². The third-order valence-corrected chi connectivity index (χ3v) is 3.79. The van der Waals surface area contributed by atoms with Gasteiger partial charge in [-0.3, -0.25) is 4.79 Å². The molecule has 4 heteroatoms. The Labute approximate surface area is 143 Å². The van der Waals surface area contributed by atoms with Crippen LogP contribution >= 0.6 is 0 Å². The summed E-state index contributed by atoms with van der Waals surface area (Å²) in [6.45, 7) is 2.59. The van der Waals surface area contributed by atoms with Gasteiger partial charge in [-0.25, -0.2) is 0 Å². The Hall–Kier alpha value is -2.49. The minimum atomic E-state index is -0.477. The normalized spacial score (nSPS) is 11.6. The highest BCUT2D eigenvalue weighted by Crippen LogP contribution is 2.19. The Bertz CT molecular complexity index is 611. The zero-order chi connectivity index (χ0) is 17.2. The molecule has 0 bridgehead atoms. The molecule has 1 atom stereocenters. The summed E-state index contributed by atoms with van der Waals surface area (Å²) in [5.41, 5.74) is 1.29. The van der Waals surface area contributed by atoms with Crippen molar-refractivity contribution in [3.8, 4) is 11.5 Å². The molecule has 0 saturated heterocycles. The van der Waals surface area contributed by atoms with E-state index in [-0.39, 0.29) is 5.91 Å². The second-order valence-electron chi connectivity index (χ2n) is 5.57. The lowest BCUT2D eigenvalue weighted by Crippen LogP contribution is -2.38. The van der Waals surface area contributed by atoms with Gasteiger partial charge in [-0.2, -0.15) is 0 Å². The van der Waals surface area contributed by atoms with E-state index >= 15 is 0 Å². The SMILES string of the molecule is CC[C@H](Oc1ccc(OC)cc1)C(=O)NCCCc1ccccc1. The lowest BCUT2D eigenvalue weighted by Gasteiger charge is -2.17. The van der Waals surface area contributed by atoms with E-state index in [9.17, 15) is 4.79 Å². The predicted octanol–water partition coefficient (Wildman–Crippen LogP) is 3.60. The van der Waals surface area contributed by atoms with Crippen molar-refractivity contribution in [2.24, 2.45) is 0 Å². The Balaban J connectivity index is 1.76. The molecule has 0 spiro atoms. The second-order valence-corrected chi connectivity index (χ2v) is 5.57. The number of benzene rings is 2. The van der Waals surface area contributed by atoms with E-state index in [1.54, 1.807) is 7.11 Å². The standard InChI is InChI=1S/C20H25NO3/c1-3-19(24-18-13-11-17(23-2)12-14-18)20(22)21-15-7-10-16-8-5-4-6-9-16/h4-6,8-9,11-14,19H,3,7,10,15H2,1-2H3,(H,21,22)/t19-/m0/s1. The van der Waals surface area contributed by atoms with Crippen LogP contribution in [0.3, 0.4) is 0 Å². The van der Waals surface area contributed by atoms with E-state index in [2.05, 4.69) is 17.4 Å². The molecular formula is C20H25NO3. The molecule has 24 heavy (non-hydrogen) atoms. The van der Waals surface area contributed by atoms with Crippen molar-refractivity contribution in [3.05, 3.63) is 60.2 Å². The molecular weight excluding hydrogens is 302 g/mol. The number of methoxy groups -OCH3 is 1. The molecule has 2 aromatic carbocycles. The van der Waals surface area contributed by atoms with Crippen molar-refractivity contribution in [1.29, 1.82) is 0 Å². The number of hydrogen-bond donors (Lipinski definition) is 1. The number of carbonyl (C=O) groups excluding carboxylic acids is 1. The summed E-state index contributed by atoms with van der Waals surface area (Å²) in [6, 6.07) is 17.5. The van der Waals surface area contributed by atoms with Gasteiger partial charge >= 0.3 is 0 Å². The topological polar surface area (TPSA) is 47.6 Å². The van der Waals surface area contributed by atoms with Crippen LogP contribution in [0.5, 0.6) is 11.5 Å². The molecule has 0 unspecified atom stereocenters. The quantitative estimate of drug-likeness (QED) is 0.716. The van der Waals surface area contributed by atoms with Crippen molar-refractivity contribution >= 4 is 5.91 Å². The van der Waals surface area contributed by atoms with Crippen molar-refractivity contribution in [3.63, 3.8) is 0 Å². The van der Waals surface area contributed by atoms with Crippen LogP contribution in [-0.2, 0) is 11.2 Å². The van der Waals surface area contributed by atoms with Gasteiger partial charge in [0, 0.05) is 6.54 Å². The zero-order valence-corrected chi connectivity index (χ0v) is 14.3. The van der Waals surface area contributed by atoms with E-state index in [0.29, 0.717) is 18.7 Å². The summed E-state index contributed by atoms with van der Waals surface area (Å²) < 4.78 is 10.9. The van der Waals surface area contributed by atoms with Gasteiger partial charge < -0.3 is 14.8 Å². The molecule has 0 saturated carbocycles. The highest BCUT2D eigenvalue weighted by atomic mass is 16.5. The van der Waals surface area contributed by atoms with Crippen LogP contribution in [0.1, 0.15) is 25.3 Å². The van der Waals surface area contributed by atoms with E-state index < -0.39 is 6.10 Å². The predicted molar refractivity (Wildman–Crippen MR) is 95.5 cm³/mol. The van der Waals surface area contributed by atoms with E-state index in [0.717, 1.165) is 18.6 Å². The molecule has 0 radical (unpaired) electrons. The first kappa shape index (κ1) is 17.9. The molecule has 4 nitrogen and oxygen atoms in total. The maximum Gasteiger partial charge on any atom is 0.261 e. The number of ether oxygens (including phenoxy) is 2. The van der Waals surface area contributed by atoms with Gasteiger partial charge in [0.2, 0.25) is 0 Å². The molecule has 0 aliphatic carbocycles. The lowest BCUT2D eigenvalue weighted by atomic mass is 10.1. The van der Waals surface area contributed by atoms with Gasteiger partial charge in [0.1, 0.15) is 11.5 Å². The van der Waals surface area contributed by atoms with Crippen LogP contribution in [0.25, 0.3) is 0 Å². The van der Waals surface area contributed by atoms with Crippen LogP contribution in [0, 0.1) is 0 Å². The van der Waals surface area contributed by atoms with Gasteiger partial charge in [-0.05, 0) is 49.1 Å². The number of amides is 1. The largest absolute Gasteiger partial charge is 0.497 e. The van der Waals surface area contributed by atoms with Crippen molar-refractivity contribution in [2.75, 3.05) is 13.7 Å². The fraction of sp³-hybridized carbons (Fsp3) is 0.350. The summed E-state index contributed by atoms with van der Waals surface area (Å²) in [5.74, 6) is 1.37. The molecule has 0 fully saturated rings. The molecule has 2 rings (SSSR count). The fourth-order valence-electron chi connectivity index (χ4n) is 2.40. The van der Waals surface area contributed by atoms with Gasteiger partial charge in [0.15, 0.2) is 6.10 Å². The van der Waals surface area contributed by atoms with Crippen LogP contribution in [0.4, 0.5) is 0 Å². The van der Waals surface area contributed by atoms with Crippen molar-refractivity contribution < 1.29 is 14.3 Å². The third kappa shape index (κ3) is 5.61. The summed E-state index contributed by atoms with van der Waals surface area (Å²) in [5, 5.41) is 2.96. The number of rotatable bonds is 9. The maximum absolute atomic E-state index is 12.3. The Kier molecular flexibility index (Phi) is 7.15. The smallest absolute Gasteiger partial charge is 0.261 e. The van der Waals surface area contributed by atoms with Gasteiger partial charge in [0.25, 0.3) is 5.91 Å². The Morgan fingerprint density at radius 2 is 1.71 bits per heavy atom. The maximum atomic E-state index is 12.3. The highest BCUT2D eigenvalue weighted by molar-refractivity contribution is 5.81. The zero-order valence-electron chi connectivity index (χ0n) is 14.3. The molecule has 0 aliphatic heterocycles. The van der Waals surface area contributed by atoms with Crippen molar-refractivity contribution in [2.45, 2.75) is 32.3 Å². The average Bonchev–Trinajstić information content (AvgIpc) is 2.64. The fourth-order valence-corrected chi connectivity index (χ4v) is 2.40. The average molecular weight is 327 g/mol. The minimum absolute atomic E-state index is 0.0682. The molecule has 2 aromatic rings. The number of hydrogen-bond acceptors (Lipinski definition) is 3. The molecule has 1 amide bonds. The van der Waals surface area contributed by atoms with Crippen LogP contribution in [-0.4, -0.2) is 25.7 Å². The monoisotopic (exact) mass is 327 g/mol. The molecule has 128 valence electrons. The number of carbonyl (C=O) groups is 1. The summed E-state index contributed by atoms with van der Waals surface area (Å²) >= 11 is 0. The summed E-state index contributed by atoms with van der Waals surface area (Å²) in [7, 11) is 1.62. The molecule has 1 N–H and O–H groups in total. The van der Waals surface area contributed by atoms with E-state index in [1.807, 2.05) is 49.4 Å². The van der Waals surface area contributed by atoms with E-state index in [4.69, 9.17) is 9.47 Å². The first-order valence-corrected chi connectivity index (χ1v) is 8.35. The first-order chi connectivity index (χ1) is 11.7. The Morgan fingerprint density at radius 1 is 1.04 bits per heavy atom. The highest BCUT2D eigenvalue weighted by Gasteiger charge is 2.17. The number of aryl methyl sites for hydroxylation is 1. The van der Waals surface area contributed by atoms with Gasteiger partial charge in [0.05, 0.1) is 7.11 Å². The minimum Gasteiger partial charge on any atom is -0.497 e. The summed E-state index contributed by atoms with van der Waals surface area (Å²) in [6.07, 6.45) is 2.01. The molecule has 0 aromatic heterocycles. The third-order valence-electron chi connectivity index (χ3n) is 3.79. The van der Waals surface area contributed by atoms with Gasteiger partial charge in [-0.15, -0.1) is 0 Å². The molecule has 0 aliphatic rings. The van der Waals surface area contributed by atoms with Crippen LogP contribution < -0.4 is 14.8 Å². The summed E-state index contributed by atoms with van der Waals surface area (Å²) in [4.78, 5) is 12.3. The van der Waals surface area contributed by atoms with Crippen LogP contribution in [0.2, 0.25) is 0 Å². The number of nitrogens with one attached hydrogen (secondary N) is 1. The van der Waals surface area contributed by atoms with Crippen LogP contribution in [0.15, 0.2) is 54.6 Å². The van der Waals surface area contributed by atoms with E-state index in [1.165, 1.54) is 5.56 Å². The molecule has 0 heterocycles.